The lowest BCUT2D eigenvalue weighted by molar-refractivity contribution is -0.147. The normalized spacial score (nSPS) is 47.0. The molecule has 0 saturated heterocycles. The lowest BCUT2D eigenvalue weighted by Gasteiger charge is -2.26. The van der Waals surface area contributed by atoms with Crippen LogP contribution in [0.4, 0.5) is 0 Å². The van der Waals surface area contributed by atoms with E-state index in [0.717, 1.165) is 0 Å². The summed E-state index contributed by atoms with van der Waals surface area (Å²) in [6.45, 7) is 0. The standard InChI is InChI=1S/C12H16O3/c1-15-12(14)8-5-9(13)11-7-3-2-6(4-7)10(8)11/h6-8,10-11H,2-5H2,1H3/t6-,7+,8+,10-,11+/m1/s1. The number of Topliss-reactive ketones (excluding diaryl/α,β-unsaturated/α-hetero) is 1. The van der Waals surface area contributed by atoms with Gasteiger partial charge in [-0.1, -0.05) is 0 Å². The third-order valence-electron chi connectivity index (χ3n) is 4.74. The Labute approximate surface area is 89.2 Å². The zero-order valence-corrected chi connectivity index (χ0v) is 8.94. The van der Waals surface area contributed by atoms with Crippen LogP contribution < -0.4 is 0 Å². The first-order valence-corrected chi connectivity index (χ1v) is 5.83. The van der Waals surface area contributed by atoms with Gasteiger partial charge in [0.1, 0.15) is 5.78 Å². The van der Waals surface area contributed by atoms with E-state index in [1.165, 1.54) is 26.4 Å². The molecule has 15 heavy (non-hydrogen) atoms. The Morgan fingerprint density at radius 2 is 2.07 bits per heavy atom. The van der Waals surface area contributed by atoms with Crippen LogP contribution in [0.15, 0.2) is 0 Å². The van der Waals surface area contributed by atoms with E-state index < -0.39 is 0 Å². The molecule has 3 saturated carbocycles. The molecular formula is C12H16O3. The molecule has 2 bridgehead atoms. The number of methoxy groups -OCH3 is 1. The molecule has 0 aromatic rings. The Morgan fingerprint density at radius 3 is 2.80 bits per heavy atom. The molecule has 3 aliphatic carbocycles. The highest BCUT2D eigenvalue weighted by molar-refractivity contribution is 5.91. The summed E-state index contributed by atoms with van der Waals surface area (Å²) >= 11 is 0. The smallest absolute Gasteiger partial charge is 0.309 e. The van der Waals surface area contributed by atoms with Crippen molar-refractivity contribution in [1.29, 1.82) is 0 Å². The van der Waals surface area contributed by atoms with Crippen molar-refractivity contribution < 1.29 is 14.3 Å². The van der Waals surface area contributed by atoms with Crippen LogP contribution in [0, 0.1) is 29.6 Å². The molecule has 3 rings (SSSR count). The van der Waals surface area contributed by atoms with Crippen LogP contribution in [0.3, 0.4) is 0 Å². The van der Waals surface area contributed by atoms with Crippen LogP contribution in [0.2, 0.25) is 0 Å². The van der Waals surface area contributed by atoms with E-state index in [9.17, 15) is 9.59 Å². The summed E-state index contributed by atoms with van der Waals surface area (Å²) in [6.07, 6.45) is 4.03. The topological polar surface area (TPSA) is 43.4 Å². The van der Waals surface area contributed by atoms with Crippen molar-refractivity contribution in [1.82, 2.24) is 0 Å². The Bertz CT molecular complexity index is 323. The molecular weight excluding hydrogens is 192 g/mol. The van der Waals surface area contributed by atoms with Gasteiger partial charge >= 0.3 is 5.97 Å². The van der Waals surface area contributed by atoms with Crippen LogP contribution in [0.25, 0.3) is 0 Å². The number of fused-ring (bicyclic) bond motifs is 5. The summed E-state index contributed by atoms with van der Waals surface area (Å²) < 4.78 is 4.81. The maximum Gasteiger partial charge on any atom is 0.309 e. The maximum absolute atomic E-state index is 11.9. The van der Waals surface area contributed by atoms with Crippen LogP contribution in [-0.4, -0.2) is 18.9 Å². The van der Waals surface area contributed by atoms with E-state index in [1.54, 1.807) is 0 Å². The highest BCUT2D eigenvalue weighted by Crippen LogP contribution is 2.59. The van der Waals surface area contributed by atoms with Crippen molar-refractivity contribution >= 4 is 11.8 Å². The number of esters is 1. The summed E-state index contributed by atoms with van der Waals surface area (Å²) in [7, 11) is 1.42. The van der Waals surface area contributed by atoms with Crippen molar-refractivity contribution in [2.45, 2.75) is 25.7 Å². The third kappa shape index (κ3) is 1.12. The highest BCUT2D eigenvalue weighted by Gasteiger charge is 2.59. The number of hydrogen-bond acceptors (Lipinski definition) is 3. The molecule has 0 unspecified atom stereocenters. The van der Waals surface area contributed by atoms with E-state index >= 15 is 0 Å². The second kappa shape index (κ2) is 3.06. The fourth-order valence-electron chi connectivity index (χ4n) is 4.27. The number of carbonyl (C=O) groups is 2. The van der Waals surface area contributed by atoms with Crippen molar-refractivity contribution in [3.63, 3.8) is 0 Å². The lowest BCUT2D eigenvalue weighted by Crippen LogP contribution is -2.28. The fraction of sp³-hybridized carbons (Fsp3) is 0.833. The largest absolute Gasteiger partial charge is 0.469 e. The van der Waals surface area contributed by atoms with Gasteiger partial charge in [0.15, 0.2) is 0 Å². The molecule has 0 amide bonds. The summed E-state index contributed by atoms with van der Waals surface area (Å²) in [5.41, 5.74) is 0. The van der Waals surface area contributed by atoms with Gasteiger partial charge in [-0.3, -0.25) is 9.59 Å². The van der Waals surface area contributed by atoms with Gasteiger partial charge in [0, 0.05) is 12.3 Å². The molecule has 3 fully saturated rings. The van der Waals surface area contributed by atoms with Gasteiger partial charge in [-0.25, -0.2) is 0 Å². The van der Waals surface area contributed by atoms with Gasteiger partial charge in [0.2, 0.25) is 0 Å². The van der Waals surface area contributed by atoms with Crippen LogP contribution in [-0.2, 0) is 14.3 Å². The molecule has 0 spiro atoms. The quantitative estimate of drug-likeness (QED) is 0.612. The van der Waals surface area contributed by atoms with Gasteiger partial charge in [-0.05, 0) is 37.0 Å². The van der Waals surface area contributed by atoms with Gasteiger partial charge in [-0.2, -0.15) is 0 Å². The minimum Gasteiger partial charge on any atom is -0.469 e. The van der Waals surface area contributed by atoms with Gasteiger partial charge in [-0.15, -0.1) is 0 Å². The predicted octanol–water partition coefficient (Wildman–Crippen LogP) is 1.41. The van der Waals surface area contributed by atoms with Crippen LogP contribution >= 0.6 is 0 Å². The first-order valence-electron chi connectivity index (χ1n) is 5.83. The molecule has 3 nitrogen and oxygen atoms in total. The molecule has 0 aromatic heterocycles. The second-order valence-corrected chi connectivity index (χ2v) is 5.24. The third-order valence-corrected chi connectivity index (χ3v) is 4.74. The monoisotopic (exact) mass is 208 g/mol. The number of hydrogen-bond donors (Lipinski definition) is 0. The Kier molecular flexibility index (Phi) is 1.91. The molecule has 0 heterocycles. The second-order valence-electron chi connectivity index (χ2n) is 5.24. The summed E-state index contributed by atoms with van der Waals surface area (Å²) in [4.78, 5) is 23.5. The molecule has 0 N–H and O–H groups in total. The minimum atomic E-state index is -0.164. The average Bonchev–Trinajstić information content (AvgIpc) is 2.89. The number of ether oxygens (including phenoxy) is 1. The van der Waals surface area contributed by atoms with Crippen molar-refractivity contribution in [2.24, 2.45) is 29.6 Å². The van der Waals surface area contributed by atoms with Gasteiger partial charge in [0.05, 0.1) is 13.0 Å². The zero-order chi connectivity index (χ0) is 10.6. The summed E-state index contributed by atoms with van der Waals surface area (Å²) in [6, 6.07) is 0. The van der Waals surface area contributed by atoms with Gasteiger partial charge in [0.25, 0.3) is 0 Å². The molecule has 0 aromatic carbocycles. The van der Waals surface area contributed by atoms with E-state index in [1.807, 2.05) is 0 Å². The van der Waals surface area contributed by atoms with Crippen molar-refractivity contribution in [3.05, 3.63) is 0 Å². The Hall–Kier alpha value is -0.860. The molecule has 82 valence electrons. The number of ketones is 1. The fourth-order valence-corrected chi connectivity index (χ4v) is 4.27. The maximum atomic E-state index is 11.9. The Morgan fingerprint density at radius 1 is 1.33 bits per heavy atom. The number of carbonyl (C=O) groups excluding carboxylic acids is 2. The first kappa shape index (κ1) is 9.37. The van der Waals surface area contributed by atoms with E-state index in [4.69, 9.17) is 4.74 Å². The van der Waals surface area contributed by atoms with E-state index in [2.05, 4.69) is 0 Å². The molecule has 5 atom stereocenters. The van der Waals surface area contributed by atoms with Crippen LogP contribution in [0.1, 0.15) is 25.7 Å². The van der Waals surface area contributed by atoms with Crippen molar-refractivity contribution in [2.75, 3.05) is 7.11 Å². The average molecular weight is 208 g/mol. The SMILES string of the molecule is COC(=O)[C@H]1CC(=O)[C@@H]2[C@H]3CC[C@H](C3)[C@@H]21. The Balaban J connectivity index is 1.90. The highest BCUT2D eigenvalue weighted by atomic mass is 16.5. The first-order chi connectivity index (χ1) is 7.22. The molecule has 3 aliphatic rings. The molecule has 3 heteroatoms. The van der Waals surface area contributed by atoms with Gasteiger partial charge < -0.3 is 4.74 Å². The predicted molar refractivity (Wildman–Crippen MR) is 52.9 cm³/mol. The zero-order valence-electron chi connectivity index (χ0n) is 8.94. The summed E-state index contributed by atoms with van der Waals surface area (Å²) in [5.74, 6) is 1.77. The molecule has 0 radical (unpaired) electrons. The lowest BCUT2D eigenvalue weighted by atomic mass is 9.78. The number of rotatable bonds is 1. The molecule has 0 aliphatic heterocycles. The van der Waals surface area contributed by atoms with Crippen LogP contribution in [0.5, 0.6) is 0 Å². The van der Waals surface area contributed by atoms with Crippen molar-refractivity contribution in [3.8, 4) is 0 Å². The van der Waals surface area contributed by atoms with E-state index in [0.29, 0.717) is 30.0 Å². The minimum absolute atomic E-state index is 0.122. The van der Waals surface area contributed by atoms with E-state index in [-0.39, 0.29) is 17.8 Å². The summed E-state index contributed by atoms with van der Waals surface area (Å²) in [5, 5.41) is 0.